The van der Waals surface area contributed by atoms with Gasteiger partial charge in [-0.05, 0) is 49.4 Å². The highest BCUT2D eigenvalue weighted by molar-refractivity contribution is 5.71. The summed E-state index contributed by atoms with van der Waals surface area (Å²) < 4.78 is 22.3. The van der Waals surface area contributed by atoms with Gasteiger partial charge in [-0.1, -0.05) is 19.9 Å². The molecule has 3 rings (SSSR count). The Morgan fingerprint density at radius 2 is 2.00 bits per heavy atom. The summed E-state index contributed by atoms with van der Waals surface area (Å²) in [5.74, 6) is 2.46. The number of likely N-dealkylation sites (N-methyl/N-ethyl adjacent to an activating group) is 1. The summed E-state index contributed by atoms with van der Waals surface area (Å²) in [7, 11) is 5.52. The minimum atomic E-state index is -0.0656. The number of rotatable bonds is 9. The lowest BCUT2D eigenvalue weighted by atomic mass is 9.84. The molecule has 0 amide bonds. The third-order valence-electron chi connectivity index (χ3n) is 6.36. The molecule has 6 nitrogen and oxygen atoms in total. The molecule has 0 bridgehead atoms. The third-order valence-corrected chi connectivity index (χ3v) is 6.36. The van der Waals surface area contributed by atoms with Crippen molar-refractivity contribution in [2.24, 2.45) is 11.8 Å². The Morgan fingerprint density at radius 3 is 2.62 bits per heavy atom. The Morgan fingerprint density at radius 1 is 1.21 bits per heavy atom. The number of ether oxygens (including phenoxy) is 4. The first-order valence-corrected chi connectivity index (χ1v) is 10.7. The van der Waals surface area contributed by atoms with Crippen LogP contribution in [-0.4, -0.2) is 57.5 Å². The van der Waals surface area contributed by atoms with Crippen LogP contribution >= 0.6 is 0 Å². The van der Waals surface area contributed by atoms with Crippen LogP contribution in [-0.2, 0) is 14.3 Å². The minimum absolute atomic E-state index is 0.00163. The maximum atomic E-state index is 11.7. The molecule has 6 heteroatoms. The Balaban J connectivity index is 1.83. The quantitative estimate of drug-likeness (QED) is 0.460. The summed E-state index contributed by atoms with van der Waals surface area (Å²) in [6, 6.07) is 6.76. The first-order valence-electron chi connectivity index (χ1n) is 10.7. The van der Waals surface area contributed by atoms with Crippen LogP contribution < -0.4 is 9.47 Å². The van der Waals surface area contributed by atoms with Gasteiger partial charge in [-0.2, -0.15) is 0 Å². The van der Waals surface area contributed by atoms with Crippen LogP contribution in [0.2, 0.25) is 0 Å². The fraction of sp³-hybridized carbons (Fsp3) is 0.696. The monoisotopic (exact) mass is 405 g/mol. The summed E-state index contributed by atoms with van der Waals surface area (Å²) in [4.78, 5) is 14.1. The first kappa shape index (κ1) is 21.9. The molecule has 2 fully saturated rings. The Bertz CT molecular complexity index is 692. The van der Waals surface area contributed by atoms with Crippen LogP contribution in [0.1, 0.15) is 51.1 Å². The van der Waals surface area contributed by atoms with Crippen LogP contribution in [0.5, 0.6) is 11.5 Å². The van der Waals surface area contributed by atoms with E-state index in [0.717, 1.165) is 30.8 Å². The molecule has 1 aromatic carbocycles. The molecule has 0 spiro atoms. The SMILES string of the molecule is COCCCOc1cc([C@H]2[C@H](C(C)C)C[C@@H]([C@@H]3CCC(=O)O3)N2C)ccc1OC. The maximum Gasteiger partial charge on any atom is 0.306 e. The van der Waals surface area contributed by atoms with Crippen molar-refractivity contribution in [1.82, 2.24) is 4.90 Å². The zero-order valence-corrected chi connectivity index (χ0v) is 18.3. The smallest absolute Gasteiger partial charge is 0.306 e. The molecular formula is C23H35NO5. The van der Waals surface area contributed by atoms with E-state index in [2.05, 4.69) is 37.9 Å². The molecule has 0 unspecified atom stereocenters. The van der Waals surface area contributed by atoms with E-state index in [9.17, 15) is 4.79 Å². The fourth-order valence-corrected chi connectivity index (χ4v) is 4.81. The summed E-state index contributed by atoms with van der Waals surface area (Å²) in [5.41, 5.74) is 1.22. The van der Waals surface area contributed by atoms with E-state index in [1.54, 1.807) is 14.2 Å². The lowest BCUT2D eigenvalue weighted by Gasteiger charge is -2.31. The zero-order chi connectivity index (χ0) is 21.0. The fourth-order valence-electron chi connectivity index (χ4n) is 4.81. The summed E-state index contributed by atoms with van der Waals surface area (Å²) in [6.45, 7) is 5.81. The van der Waals surface area contributed by atoms with Crippen LogP contribution in [0.3, 0.4) is 0 Å². The average Bonchev–Trinajstić information content (AvgIpc) is 3.28. The van der Waals surface area contributed by atoms with Crippen molar-refractivity contribution in [1.29, 1.82) is 0 Å². The average molecular weight is 406 g/mol. The second-order valence-electron chi connectivity index (χ2n) is 8.49. The molecular weight excluding hydrogens is 370 g/mol. The van der Waals surface area contributed by atoms with Crippen molar-refractivity contribution in [3.63, 3.8) is 0 Å². The van der Waals surface area contributed by atoms with Gasteiger partial charge >= 0.3 is 5.97 Å². The number of esters is 1. The van der Waals surface area contributed by atoms with Crippen LogP contribution in [0, 0.1) is 11.8 Å². The molecule has 0 aliphatic carbocycles. The van der Waals surface area contributed by atoms with Gasteiger partial charge in [0.25, 0.3) is 0 Å². The van der Waals surface area contributed by atoms with E-state index in [1.165, 1.54) is 5.56 Å². The second kappa shape index (κ2) is 9.81. The number of nitrogens with zero attached hydrogens (tertiary/aromatic N) is 1. The van der Waals surface area contributed by atoms with Gasteiger partial charge in [-0.25, -0.2) is 0 Å². The van der Waals surface area contributed by atoms with Crippen molar-refractivity contribution >= 4 is 5.97 Å². The lowest BCUT2D eigenvalue weighted by Crippen LogP contribution is -2.37. The van der Waals surface area contributed by atoms with Gasteiger partial charge < -0.3 is 18.9 Å². The molecule has 0 radical (unpaired) electrons. The Kier molecular flexibility index (Phi) is 7.41. The topological polar surface area (TPSA) is 57.2 Å². The standard InChI is InChI=1S/C23H35NO5/c1-15(2)17-14-18(19-9-10-22(25)29-19)24(3)23(17)16-7-8-20(27-5)21(13-16)28-12-6-11-26-4/h7-8,13,15,17-19,23H,6,9-12,14H2,1-5H3/t17-,18-,19-,23-/m0/s1. The van der Waals surface area contributed by atoms with Crippen molar-refractivity contribution < 1.29 is 23.7 Å². The molecule has 29 heavy (non-hydrogen) atoms. The molecule has 2 aliphatic heterocycles. The minimum Gasteiger partial charge on any atom is -0.493 e. The zero-order valence-electron chi connectivity index (χ0n) is 18.3. The normalized spacial score (nSPS) is 27.4. The van der Waals surface area contributed by atoms with E-state index in [1.807, 2.05) is 6.07 Å². The van der Waals surface area contributed by atoms with Gasteiger partial charge in [0.2, 0.25) is 0 Å². The molecule has 0 N–H and O–H groups in total. The van der Waals surface area contributed by atoms with E-state index in [-0.39, 0.29) is 24.2 Å². The molecule has 162 valence electrons. The summed E-state index contributed by atoms with van der Waals surface area (Å²) >= 11 is 0. The van der Waals surface area contributed by atoms with Crippen LogP contribution in [0.15, 0.2) is 18.2 Å². The molecule has 2 saturated heterocycles. The molecule has 0 saturated carbocycles. The van der Waals surface area contributed by atoms with E-state index >= 15 is 0 Å². The van der Waals surface area contributed by atoms with Crippen molar-refractivity contribution in [3.8, 4) is 11.5 Å². The molecule has 1 aromatic rings. The third kappa shape index (κ3) is 4.86. The van der Waals surface area contributed by atoms with Gasteiger partial charge in [-0.3, -0.25) is 9.69 Å². The van der Waals surface area contributed by atoms with Crippen molar-refractivity contribution in [2.45, 2.75) is 57.7 Å². The van der Waals surface area contributed by atoms with Gasteiger partial charge in [0, 0.05) is 38.6 Å². The number of hydrogen-bond donors (Lipinski definition) is 0. The van der Waals surface area contributed by atoms with Crippen LogP contribution in [0.4, 0.5) is 0 Å². The maximum absolute atomic E-state index is 11.7. The predicted molar refractivity (Wildman–Crippen MR) is 111 cm³/mol. The van der Waals surface area contributed by atoms with E-state index < -0.39 is 0 Å². The molecule has 2 aliphatic rings. The summed E-state index contributed by atoms with van der Waals surface area (Å²) in [5, 5.41) is 0. The highest BCUT2D eigenvalue weighted by Crippen LogP contribution is 2.47. The predicted octanol–water partition coefficient (Wildman–Crippen LogP) is 3.83. The number of carbonyl (C=O) groups excluding carboxylic acids is 1. The van der Waals surface area contributed by atoms with Crippen molar-refractivity contribution in [3.05, 3.63) is 23.8 Å². The van der Waals surface area contributed by atoms with Gasteiger partial charge in [-0.15, -0.1) is 0 Å². The van der Waals surface area contributed by atoms with Crippen molar-refractivity contribution in [2.75, 3.05) is 34.5 Å². The molecule has 0 aromatic heterocycles. The van der Waals surface area contributed by atoms with E-state index in [4.69, 9.17) is 18.9 Å². The Hall–Kier alpha value is -1.79. The first-order chi connectivity index (χ1) is 14.0. The summed E-state index contributed by atoms with van der Waals surface area (Å²) in [6.07, 6.45) is 3.22. The van der Waals surface area contributed by atoms with Gasteiger partial charge in [0.15, 0.2) is 11.5 Å². The number of benzene rings is 1. The number of cyclic esters (lactones) is 1. The van der Waals surface area contributed by atoms with Gasteiger partial charge in [0.05, 0.1) is 13.7 Å². The lowest BCUT2D eigenvalue weighted by molar-refractivity contribution is -0.143. The van der Waals surface area contributed by atoms with E-state index in [0.29, 0.717) is 31.5 Å². The number of likely N-dealkylation sites (tertiary alicyclic amines) is 1. The molecule has 4 atom stereocenters. The number of hydrogen-bond acceptors (Lipinski definition) is 6. The van der Waals surface area contributed by atoms with Crippen LogP contribution in [0.25, 0.3) is 0 Å². The second-order valence-corrected chi connectivity index (χ2v) is 8.49. The molecule has 2 heterocycles. The highest BCUT2D eigenvalue weighted by atomic mass is 16.6. The largest absolute Gasteiger partial charge is 0.493 e. The number of carbonyl (C=O) groups is 1. The Labute approximate surface area is 174 Å². The number of methoxy groups -OCH3 is 2. The van der Waals surface area contributed by atoms with Gasteiger partial charge in [0.1, 0.15) is 6.10 Å². The highest BCUT2D eigenvalue weighted by Gasteiger charge is 2.46.